The zero-order valence-corrected chi connectivity index (χ0v) is 15.0. The van der Waals surface area contributed by atoms with Crippen molar-refractivity contribution in [3.63, 3.8) is 0 Å². The molecule has 0 fully saturated rings. The SMILES string of the molecule is CCC(C)(C)NC(=O)c1cc(-c2ccc(F)cc2)cc(-n2cnnc2)c1. The number of amides is 1. The van der Waals surface area contributed by atoms with Gasteiger partial charge in [-0.25, -0.2) is 4.39 Å². The number of halogens is 1. The second kappa shape index (κ2) is 7.07. The van der Waals surface area contributed by atoms with E-state index in [1.54, 1.807) is 35.4 Å². The number of hydrogen-bond acceptors (Lipinski definition) is 3. The summed E-state index contributed by atoms with van der Waals surface area (Å²) in [7, 11) is 0. The molecular formula is C20H21FN4O. The van der Waals surface area contributed by atoms with Gasteiger partial charge < -0.3 is 5.32 Å². The molecule has 0 radical (unpaired) electrons. The first-order valence-corrected chi connectivity index (χ1v) is 8.46. The second-order valence-electron chi connectivity index (χ2n) is 6.84. The van der Waals surface area contributed by atoms with E-state index in [-0.39, 0.29) is 17.3 Å². The van der Waals surface area contributed by atoms with Gasteiger partial charge in [0.1, 0.15) is 18.5 Å². The topological polar surface area (TPSA) is 59.8 Å². The summed E-state index contributed by atoms with van der Waals surface area (Å²) in [4.78, 5) is 12.8. The summed E-state index contributed by atoms with van der Waals surface area (Å²) < 4.78 is 15.0. The zero-order valence-electron chi connectivity index (χ0n) is 15.0. The van der Waals surface area contributed by atoms with Crippen molar-refractivity contribution >= 4 is 5.91 Å². The van der Waals surface area contributed by atoms with E-state index in [1.807, 2.05) is 32.9 Å². The minimum absolute atomic E-state index is 0.157. The van der Waals surface area contributed by atoms with Gasteiger partial charge in [0.25, 0.3) is 5.91 Å². The Balaban J connectivity index is 2.06. The minimum atomic E-state index is -0.306. The molecule has 5 nitrogen and oxygen atoms in total. The van der Waals surface area contributed by atoms with E-state index >= 15 is 0 Å². The van der Waals surface area contributed by atoms with Crippen molar-refractivity contribution < 1.29 is 9.18 Å². The van der Waals surface area contributed by atoms with Crippen LogP contribution in [0, 0.1) is 5.82 Å². The van der Waals surface area contributed by atoms with Gasteiger partial charge >= 0.3 is 0 Å². The van der Waals surface area contributed by atoms with Crippen molar-refractivity contribution in [3.05, 3.63) is 66.5 Å². The van der Waals surface area contributed by atoms with E-state index in [4.69, 9.17) is 0 Å². The average Bonchev–Trinajstić information content (AvgIpc) is 3.16. The highest BCUT2D eigenvalue weighted by Gasteiger charge is 2.20. The van der Waals surface area contributed by atoms with E-state index in [0.29, 0.717) is 5.56 Å². The third kappa shape index (κ3) is 3.96. The summed E-state index contributed by atoms with van der Waals surface area (Å²) in [5.41, 5.74) is 2.62. The summed E-state index contributed by atoms with van der Waals surface area (Å²) in [6, 6.07) is 11.7. The molecule has 26 heavy (non-hydrogen) atoms. The molecule has 0 saturated heterocycles. The standard InChI is InChI=1S/C20H21FN4O/c1-4-20(2,3)24-19(26)16-9-15(14-5-7-17(21)8-6-14)10-18(11-16)25-12-22-23-13-25/h5-13H,4H2,1-3H3,(H,24,26). The van der Waals surface area contributed by atoms with Gasteiger partial charge in [0.05, 0.1) is 0 Å². The highest BCUT2D eigenvalue weighted by Crippen LogP contribution is 2.25. The van der Waals surface area contributed by atoms with Crippen LogP contribution in [0.25, 0.3) is 16.8 Å². The molecular weight excluding hydrogens is 331 g/mol. The molecule has 1 aromatic heterocycles. The van der Waals surface area contributed by atoms with Crippen molar-refractivity contribution in [1.29, 1.82) is 0 Å². The van der Waals surface area contributed by atoms with Crippen LogP contribution in [-0.4, -0.2) is 26.2 Å². The molecule has 0 aliphatic heterocycles. The van der Waals surface area contributed by atoms with Crippen molar-refractivity contribution in [3.8, 4) is 16.8 Å². The Morgan fingerprint density at radius 3 is 2.35 bits per heavy atom. The smallest absolute Gasteiger partial charge is 0.251 e. The molecule has 1 heterocycles. The van der Waals surface area contributed by atoms with Crippen molar-refractivity contribution in [2.45, 2.75) is 32.7 Å². The number of hydrogen-bond donors (Lipinski definition) is 1. The first kappa shape index (κ1) is 17.8. The quantitative estimate of drug-likeness (QED) is 0.755. The monoisotopic (exact) mass is 352 g/mol. The van der Waals surface area contributed by atoms with Crippen LogP contribution < -0.4 is 5.32 Å². The molecule has 0 saturated carbocycles. The molecule has 3 rings (SSSR count). The Hall–Kier alpha value is -3.02. The lowest BCUT2D eigenvalue weighted by molar-refractivity contribution is 0.0911. The molecule has 0 unspecified atom stereocenters. The van der Waals surface area contributed by atoms with Gasteiger partial charge in [-0.05, 0) is 61.7 Å². The van der Waals surface area contributed by atoms with E-state index < -0.39 is 0 Å². The fourth-order valence-electron chi connectivity index (χ4n) is 2.50. The largest absolute Gasteiger partial charge is 0.347 e. The van der Waals surface area contributed by atoms with Crippen LogP contribution in [0.5, 0.6) is 0 Å². The predicted molar refractivity (Wildman–Crippen MR) is 98.6 cm³/mol. The van der Waals surface area contributed by atoms with Crippen LogP contribution in [0.4, 0.5) is 4.39 Å². The van der Waals surface area contributed by atoms with Crippen LogP contribution in [-0.2, 0) is 0 Å². The molecule has 0 aliphatic rings. The Labute approximate surface area is 151 Å². The molecule has 1 N–H and O–H groups in total. The van der Waals surface area contributed by atoms with Crippen molar-refractivity contribution in [2.75, 3.05) is 0 Å². The third-order valence-corrected chi connectivity index (χ3v) is 4.41. The highest BCUT2D eigenvalue weighted by molar-refractivity contribution is 5.96. The van der Waals surface area contributed by atoms with Crippen LogP contribution in [0.1, 0.15) is 37.6 Å². The number of aromatic nitrogens is 3. The molecule has 2 aromatic carbocycles. The zero-order chi connectivity index (χ0) is 18.7. The maximum Gasteiger partial charge on any atom is 0.251 e. The van der Waals surface area contributed by atoms with E-state index in [2.05, 4.69) is 15.5 Å². The Morgan fingerprint density at radius 2 is 1.73 bits per heavy atom. The Kier molecular flexibility index (Phi) is 4.84. The summed E-state index contributed by atoms with van der Waals surface area (Å²) >= 11 is 0. The molecule has 0 spiro atoms. The van der Waals surface area contributed by atoms with E-state index in [9.17, 15) is 9.18 Å². The van der Waals surface area contributed by atoms with Crippen LogP contribution in [0.15, 0.2) is 55.1 Å². The molecule has 0 aliphatic carbocycles. The molecule has 134 valence electrons. The Morgan fingerprint density at radius 1 is 1.08 bits per heavy atom. The van der Waals surface area contributed by atoms with Crippen molar-refractivity contribution in [2.24, 2.45) is 0 Å². The number of nitrogens with zero attached hydrogens (tertiary/aromatic N) is 3. The Bertz CT molecular complexity index is 902. The van der Waals surface area contributed by atoms with Gasteiger partial charge in [-0.15, -0.1) is 10.2 Å². The first-order valence-electron chi connectivity index (χ1n) is 8.46. The van der Waals surface area contributed by atoms with E-state index in [1.165, 1.54) is 12.1 Å². The third-order valence-electron chi connectivity index (χ3n) is 4.41. The summed E-state index contributed by atoms with van der Waals surface area (Å²) in [6.45, 7) is 5.99. The van der Waals surface area contributed by atoms with Gasteiger partial charge in [-0.1, -0.05) is 19.1 Å². The van der Waals surface area contributed by atoms with Crippen LogP contribution in [0.3, 0.4) is 0 Å². The van der Waals surface area contributed by atoms with Gasteiger partial charge in [0, 0.05) is 16.8 Å². The fraction of sp³-hybridized carbons (Fsp3) is 0.250. The van der Waals surface area contributed by atoms with Gasteiger partial charge in [0.15, 0.2) is 0 Å². The molecule has 0 bridgehead atoms. The lowest BCUT2D eigenvalue weighted by Gasteiger charge is -2.24. The summed E-state index contributed by atoms with van der Waals surface area (Å²) in [5, 5.41) is 10.7. The van der Waals surface area contributed by atoms with Crippen LogP contribution >= 0.6 is 0 Å². The van der Waals surface area contributed by atoms with Crippen molar-refractivity contribution in [1.82, 2.24) is 20.1 Å². The minimum Gasteiger partial charge on any atom is -0.347 e. The number of carbonyl (C=O) groups excluding carboxylic acids is 1. The fourth-order valence-corrected chi connectivity index (χ4v) is 2.50. The maximum atomic E-state index is 13.3. The van der Waals surface area contributed by atoms with E-state index in [0.717, 1.165) is 23.2 Å². The highest BCUT2D eigenvalue weighted by atomic mass is 19.1. The first-order chi connectivity index (χ1) is 12.4. The number of nitrogens with one attached hydrogen (secondary N) is 1. The number of benzene rings is 2. The van der Waals surface area contributed by atoms with Gasteiger partial charge in [-0.2, -0.15) is 0 Å². The number of carbonyl (C=O) groups is 1. The maximum absolute atomic E-state index is 13.3. The molecule has 6 heteroatoms. The molecule has 1 amide bonds. The summed E-state index contributed by atoms with van der Waals surface area (Å²) in [6.07, 6.45) is 3.96. The molecule has 0 atom stereocenters. The van der Waals surface area contributed by atoms with Crippen LogP contribution in [0.2, 0.25) is 0 Å². The normalized spacial score (nSPS) is 11.4. The average molecular weight is 352 g/mol. The predicted octanol–water partition coefficient (Wildman–Crippen LogP) is 3.99. The second-order valence-corrected chi connectivity index (χ2v) is 6.84. The summed E-state index contributed by atoms with van der Waals surface area (Å²) in [5.74, 6) is -0.457. The molecule has 3 aromatic rings. The lowest BCUT2D eigenvalue weighted by Crippen LogP contribution is -2.42. The number of rotatable bonds is 5. The lowest BCUT2D eigenvalue weighted by atomic mass is 9.99. The van der Waals surface area contributed by atoms with Gasteiger partial charge in [-0.3, -0.25) is 9.36 Å². The van der Waals surface area contributed by atoms with Gasteiger partial charge in [0.2, 0.25) is 0 Å².